The van der Waals surface area contributed by atoms with Crippen LogP contribution >= 0.6 is 0 Å². The molecule has 1 aliphatic carbocycles. The number of fused-ring (bicyclic) bond motifs is 1. The van der Waals surface area contributed by atoms with Crippen molar-refractivity contribution in [2.75, 3.05) is 18.9 Å². The van der Waals surface area contributed by atoms with Crippen LogP contribution in [-0.2, 0) is 16.3 Å². The normalized spacial score (nSPS) is 25.4. The molecule has 0 radical (unpaired) electrons. The maximum Gasteiger partial charge on any atom is 0.245 e. The maximum atomic E-state index is 13.5. The number of nitrogens with one attached hydrogen (secondary N) is 2. The van der Waals surface area contributed by atoms with Gasteiger partial charge in [0, 0.05) is 30.9 Å². The number of likely N-dealkylation sites (tertiary alicyclic amines) is 1. The van der Waals surface area contributed by atoms with Gasteiger partial charge in [-0.2, -0.15) is 0 Å². The number of hydrogen-bond donors (Lipinski definition) is 2. The molecule has 2 fully saturated rings. The van der Waals surface area contributed by atoms with Gasteiger partial charge in [0.25, 0.3) is 0 Å². The van der Waals surface area contributed by atoms with Crippen LogP contribution in [0.4, 0.5) is 10.2 Å². The summed E-state index contributed by atoms with van der Waals surface area (Å²) < 4.78 is 13.2. The summed E-state index contributed by atoms with van der Waals surface area (Å²) >= 11 is 0. The highest BCUT2D eigenvalue weighted by Crippen LogP contribution is 2.31. The predicted molar refractivity (Wildman–Crippen MR) is 130 cm³/mol. The largest absolute Gasteiger partial charge is 0.358 e. The topological polar surface area (TPSA) is 90.5 Å². The van der Waals surface area contributed by atoms with Crippen LogP contribution in [0.1, 0.15) is 52.0 Å². The zero-order valence-corrected chi connectivity index (χ0v) is 20.4. The van der Waals surface area contributed by atoms with Crippen molar-refractivity contribution in [2.24, 2.45) is 0 Å². The minimum absolute atomic E-state index is 0.0180. The Morgan fingerprint density at radius 3 is 2.76 bits per heavy atom. The first kappa shape index (κ1) is 24.3. The first-order valence-electron chi connectivity index (χ1n) is 12.1. The second-order valence-corrected chi connectivity index (χ2v) is 9.83. The van der Waals surface area contributed by atoms with Gasteiger partial charge in [-0.15, -0.1) is 0 Å². The van der Waals surface area contributed by atoms with Crippen LogP contribution < -0.4 is 10.6 Å². The third-order valence-electron chi connectivity index (χ3n) is 7.37. The molecule has 9 heteroatoms. The molecule has 4 atom stereocenters. The minimum atomic E-state index is -0.570. The van der Waals surface area contributed by atoms with Gasteiger partial charge in [-0.1, -0.05) is 6.07 Å². The van der Waals surface area contributed by atoms with Crippen LogP contribution in [0, 0.1) is 0 Å². The zero-order valence-electron chi connectivity index (χ0n) is 20.4. The number of amides is 2. The van der Waals surface area contributed by atoms with Gasteiger partial charge in [0.05, 0.1) is 17.6 Å². The highest BCUT2D eigenvalue weighted by Gasteiger charge is 2.43. The number of benzene rings is 1. The van der Waals surface area contributed by atoms with Gasteiger partial charge in [-0.05, 0) is 64.3 Å². The molecule has 2 aromatic rings. The second-order valence-electron chi connectivity index (χ2n) is 9.83. The van der Waals surface area contributed by atoms with Gasteiger partial charge in [-0.25, -0.2) is 14.4 Å². The van der Waals surface area contributed by atoms with Crippen molar-refractivity contribution in [1.29, 1.82) is 0 Å². The van der Waals surface area contributed by atoms with Gasteiger partial charge in [0.2, 0.25) is 11.8 Å². The Morgan fingerprint density at radius 1 is 1.26 bits per heavy atom. The van der Waals surface area contributed by atoms with Crippen LogP contribution in [0.15, 0.2) is 24.5 Å². The molecule has 34 heavy (non-hydrogen) atoms. The standard InChI is InChI=1S/C25H35FN6O2/c1-15(2)31(4)18-6-8-23(22(12-18)29-16(3)33)32-10-9-21(25(32)34)30-24-19-11-17(13-26)5-7-20(19)27-14-28-24/h5,7,11,14-15,18,21-23H,6,8-10,12-13H2,1-4H3,(H,29,33)(H,27,28,30)/t18-,21?,22-,23+/m1/s1. The van der Waals surface area contributed by atoms with E-state index in [1.807, 2.05) is 4.90 Å². The fourth-order valence-corrected chi connectivity index (χ4v) is 5.35. The number of rotatable bonds is 7. The summed E-state index contributed by atoms with van der Waals surface area (Å²) in [5, 5.41) is 7.12. The molecule has 1 aromatic carbocycles. The quantitative estimate of drug-likeness (QED) is 0.647. The molecule has 1 unspecified atom stereocenters. The first-order chi connectivity index (χ1) is 16.3. The number of carbonyl (C=O) groups excluding carboxylic acids is 2. The van der Waals surface area contributed by atoms with Gasteiger partial charge < -0.3 is 20.4 Å². The van der Waals surface area contributed by atoms with Crippen molar-refractivity contribution in [1.82, 2.24) is 25.1 Å². The number of hydrogen-bond acceptors (Lipinski definition) is 6. The summed E-state index contributed by atoms with van der Waals surface area (Å²) in [6.45, 7) is 5.94. The van der Waals surface area contributed by atoms with E-state index in [-0.39, 0.29) is 23.9 Å². The fourth-order valence-electron chi connectivity index (χ4n) is 5.35. The number of halogens is 1. The molecule has 2 heterocycles. The minimum Gasteiger partial charge on any atom is -0.358 e. The van der Waals surface area contributed by atoms with Crippen molar-refractivity contribution in [3.05, 3.63) is 30.1 Å². The van der Waals surface area contributed by atoms with E-state index in [0.29, 0.717) is 47.3 Å². The third kappa shape index (κ3) is 4.99. The third-order valence-corrected chi connectivity index (χ3v) is 7.37. The Bertz CT molecular complexity index is 1050. The molecule has 2 N–H and O–H groups in total. The maximum absolute atomic E-state index is 13.5. The van der Waals surface area contributed by atoms with Crippen molar-refractivity contribution in [3.8, 4) is 0 Å². The number of nitrogens with zero attached hydrogens (tertiary/aromatic N) is 4. The van der Waals surface area contributed by atoms with E-state index in [2.05, 4.69) is 46.4 Å². The lowest BCUT2D eigenvalue weighted by Gasteiger charge is -2.44. The lowest BCUT2D eigenvalue weighted by Crippen LogP contribution is -2.58. The van der Waals surface area contributed by atoms with E-state index >= 15 is 0 Å². The lowest BCUT2D eigenvalue weighted by molar-refractivity contribution is -0.133. The van der Waals surface area contributed by atoms with E-state index in [1.165, 1.54) is 13.3 Å². The molecule has 1 aliphatic heterocycles. The molecule has 1 aromatic heterocycles. The monoisotopic (exact) mass is 470 g/mol. The molecular weight excluding hydrogens is 435 g/mol. The SMILES string of the molecule is CC(=O)N[C@@H]1C[C@H](N(C)C(C)C)CC[C@@H]1N1CCC(Nc2ncnc3ccc(CF)cc23)C1=O. The Labute approximate surface area is 200 Å². The molecule has 2 aliphatic rings. The molecule has 184 valence electrons. The van der Waals surface area contributed by atoms with Crippen LogP contribution in [0.25, 0.3) is 10.9 Å². The molecule has 0 bridgehead atoms. The Kier molecular flexibility index (Phi) is 7.30. The van der Waals surface area contributed by atoms with E-state index in [9.17, 15) is 14.0 Å². The summed E-state index contributed by atoms with van der Waals surface area (Å²) in [5.41, 5.74) is 1.25. The number of carbonyl (C=O) groups is 2. The summed E-state index contributed by atoms with van der Waals surface area (Å²) in [4.78, 5) is 38.3. The van der Waals surface area contributed by atoms with E-state index in [0.717, 1.165) is 19.3 Å². The summed E-state index contributed by atoms with van der Waals surface area (Å²) in [6.07, 6.45) is 4.76. The van der Waals surface area contributed by atoms with Gasteiger partial charge >= 0.3 is 0 Å². The molecule has 0 spiro atoms. The van der Waals surface area contributed by atoms with Gasteiger partial charge in [-0.3, -0.25) is 9.59 Å². The molecule has 2 amide bonds. The molecule has 1 saturated carbocycles. The van der Waals surface area contributed by atoms with Crippen molar-refractivity contribution in [3.63, 3.8) is 0 Å². The highest BCUT2D eigenvalue weighted by atomic mass is 19.1. The molecule has 4 rings (SSSR count). The number of anilines is 1. The Hall–Kier alpha value is -2.81. The number of aromatic nitrogens is 2. The van der Waals surface area contributed by atoms with E-state index in [1.54, 1.807) is 18.2 Å². The molecule has 8 nitrogen and oxygen atoms in total. The van der Waals surface area contributed by atoms with Crippen LogP contribution in [-0.4, -0.2) is 75.4 Å². The van der Waals surface area contributed by atoms with Crippen molar-refractivity contribution >= 4 is 28.5 Å². The Morgan fingerprint density at radius 2 is 2.06 bits per heavy atom. The zero-order chi connectivity index (χ0) is 24.4. The van der Waals surface area contributed by atoms with Gasteiger partial charge in [0.15, 0.2) is 0 Å². The van der Waals surface area contributed by atoms with Crippen LogP contribution in [0.5, 0.6) is 0 Å². The average Bonchev–Trinajstić information content (AvgIpc) is 3.17. The summed E-state index contributed by atoms with van der Waals surface area (Å²) in [6, 6.07) is 5.47. The highest BCUT2D eigenvalue weighted by molar-refractivity contribution is 5.93. The lowest BCUT2D eigenvalue weighted by atomic mass is 9.84. The van der Waals surface area contributed by atoms with E-state index < -0.39 is 12.7 Å². The number of alkyl halides is 1. The molecular formula is C25H35FN6O2. The van der Waals surface area contributed by atoms with Crippen LogP contribution in [0.2, 0.25) is 0 Å². The Balaban J connectivity index is 1.50. The smallest absolute Gasteiger partial charge is 0.245 e. The van der Waals surface area contributed by atoms with E-state index in [4.69, 9.17) is 0 Å². The predicted octanol–water partition coefficient (Wildman–Crippen LogP) is 2.88. The fraction of sp³-hybridized carbons (Fsp3) is 0.600. The average molecular weight is 471 g/mol. The van der Waals surface area contributed by atoms with Crippen molar-refractivity contribution < 1.29 is 14.0 Å². The first-order valence-corrected chi connectivity index (χ1v) is 12.1. The van der Waals surface area contributed by atoms with Gasteiger partial charge in [0.1, 0.15) is 24.9 Å². The molecule has 1 saturated heterocycles. The van der Waals surface area contributed by atoms with Crippen molar-refractivity contribution in [2.45, 2.75) is 83.3 Å². The summed E-state index contributed by atoms with van der Waals surface area (Å²) in [5.74, 6) is 0.492. The van der Waals surface area contributed by atoms with Crippen LogP contribution in [0.3, 0.4) is 0 Å². The summed E-state index contributed by atoms with van der Waals surface area (Å²) in [7, 11) is 2.13. The second kappa shape index (κ2) is 10.2.